The van der Waals surface area contributed by atoms with E-state index in [0.29, 0.717) is 0 Å². The molecule has 0 aliphatic carbocycles. The van der Waals surface area contributed by atoms with Crippen molar-refractivity contribution in [1.29, 1.82) is 0 Å². The van der Waals surface area contributed by atoms with Gasteiger partial charge in [0.25, 0.3) is 0 Å². The summed E-state index contributed by atoms with van der Waals surface area (Å²) < 4.78 is 0. The Morgan fingerprint density at radius 2 is 1.33 bits per heavy atom. The molecule has 0 N–H and O–H groups in total. The van der Waals surface area contributed by atoms with Gasteiger partial charge in [-0.25, -0.2) is 0 Å². The van der Waals surface area contributed by atoms with Crippen LogP contribution in [0.5, 0.6) is 0 Å². The zero-order valence-electron chi connectivity index (χ0n) is 20.5. The van der Waals surface area contributed by atoms with Crippen molar-refractivity contribution in [2.75, 3.05) is 0 Å². The molecule has 0 aliphatic rings. The van der Waals surface area contributed by atoms with E-state index in [1.807, 2.05) is 85.8 Å². The van der Waals surface area contributed by atoms with E-state index in [4.69, 9.17) is 0 Å². The number of nitrogens with zero attached hydrogens (tertiary/aromatic N) is 2. The van der Waals surface area contributed by atoms with E-state index in [1.54, 1.807) is 6.20 Å². The van der Waals surface area contributed by atoms with Crippen LogP contribution in [0, 0.1) is 44.7 Å². The molecule has 179 valence electrons. The van der Waals surface area contributed by atoms with Crippen LogP contribution >= 0.6 is 0 Å². The summed E-state index contributed by atoms with van der Waals surface area (Å²) in [6, 6.07) is 38.4. The van der Waals surface area contributed by atoms with Gasteiger partial charge in [-0.05, 0) is 67.6 Å². The Labute approximate surface area is 227 Å². The third-order valence-electron chi connectivity index (χ3n) is 5.19. The molecule has 0 spiro atoms. The number of aromatic nitrogens is 2. The van der Waals surface area contributed by atoms with Gasteiger partial charge in [-0.3, -0.25) is 0 Å². The first-order valence-corrected chi connectivity index (χ1v) is 11.5. The topological polar surface area (TPSA) is 25.8 Å². The fourth-order valence-electron chi connectivity index (χ4n) is 3.65. The van der Waals surface area contributed by atoms with Gasteiger partial charge < -0.3 is 9.97 Å². The molecular weight excluding hydrogens is 617 g/mol. The minimum Gasteiger partial charge on any atom is -0.305 e. The van der Waals surface area contributed by atoms with Gasteiger partial charge in [-0.2, -0.15) is 0 Å². The molecule has 0 saturated carbocycles. The van der Waals surface area contributed by atoms with E-state index in [1.165, 1.54) is 11.1 Å². The van der Waals surface area contributed by atoms with Crippen molar-refractivity contribution in [2.24, 2.45) is 0 Å². The maximum atomic E-state index is 4.41. The van der Waals surface area contributed by atoms with Gasteiger partial charge in [-0.15, -0.1) is 65.7 Å². The molecule has 3 aromatic carbocycles. The molecule has 0 saturated heterocycles. The Hall–Kier alpha value is -3.83. The van der Waals surface area contributed by atoms with E-state index in [-0.39, 0.29) is 20.1 Å². The average Bonchev–Trinajstić information content (AvgIpc) is 2.89. The van der Waals surface area contributed by atoms with Crippen LogP contribution in [0.25, 0.3) is 22.5 Å². The summed E-state index contributed by atoms with van der Waals surface area (Å²) in [6.45, 7) is 6.18. The quantitative estimate of drug-likeness (QED) is 0.148. The molecule has 0 bridgehead atoms. The van der Waals surface area contributed by atoms with Crippen LogP contribution in [-0.2, 0) is 20.1 Å². The van der Waals surface area contributed by atoms with Crippen molar-refractivity contribution < 1.29 is 20.1 Å². The molecule has 1 radical (unpaired) electrons. The third-order valence-corrected chi connectivity index (χ3v) is 5.19. The molecule has 2 aromatic heterocycles. The predicted molar refractivity (Wildman–Crippen MR) is 144 cm³/mol. The first kappa shape index (κ1) is 26.8. The van der Waals surface area contributed by atoms with Gasteiger partial charge in [0.15, 0.2) is 0 Å². The molecule has 0 fully saturated rings. The second kappa shape index (κ2) is 13.3. The minimum absolute atomic E-state index is 0. The van der Waals surface area contributed by atoms with E-state index in [0.717, 1.165) is 39.3 Å². The molecule has 2 nitrogen and oxygen atoms in total. The summed E-state index contributed by atoms with van der Waals surface area (Å²) in [5.41, 5.74) is 9.44. The normalized spacial score (nSPS) is 9.64. The van der Waals surface area contributed by atoms with Crippen LogP contribution in [0.1, 0.15) is 27.9 Å². The van der Waals surface area contributed by atoms with Crippen molar-refractivity contribution in [3.63, 3.8) is 0 Å². The van der Waals surface area contributed by atoms with Crippen molar-refractivity contribution >= 4 is 0 Å². The number of aryl methyl sites for hydroxylation is 3. The first-order chi connectivity index (χ1) is 17.1. The number of pyridine rings is 2. The molecule has 0 amide bonds. The number of benzene rings is 3. The summed E-state index contributed by atoms with van der Waals surface area (Å²) in [7, 11) is 0. The van der Waals surface area contributed by atoms with Gasteiger partial charge in [0.05, 0.1) is 0 Å². The van der Waals surface area contributed by atoms with Crippen molar-refractivity contribution in [1.82, 2.24) is 9.97 Å². The summed E-state index contributed by atoms with van der Waals surface area (Å²) in [5.74, 6) is 6.46. The largest absolute Gasteiger partial charge is 0.305 e. The van der Waals surface area contributed by atoms with Crippen molar-refractivity contribution in [2.45, 2.75) is 20.8 Å². The number of hydrogen-bond acceptors (Lipinski definition) is 2. The van der Waals surface area contributed by atoms with Crippen LogP contribution in [0.4, 0.5) is 0 Å². The smallest absolute Gasteiger partial charge is 0.0266 e. The van der Waals surface area contributed by atoms with E-state index >= 15 is 0 Å². The van der Waals surface area contributed by atoms with Gasteiger partial charge >= 0.3 is 0 Å². The number of rotatable bonds is 2. The Kier molecular flexibility index (Phi) is 9.90. The average molecular weight is 643 g/mol. The Bertz CT molecular complexity index is 1450. The summed E-state index contributed by atoms with van der Waals surface area (Å²) in [5, 5.41) is 0. The van der Waals surface area contributed by atoms with Crippen molar-refractivity contribution in [3.05, 3.63) is 143 Å². The molecule has 3 heteroatoms. The van der Waals surface area contributed by atoms with E-state index in [2.05, 4.69) is 66.0 Å². The van der Waals surface area contributed by atoms with E-state index in [9.17, 15) is 0 Å². The molecule has 0 aliphatic heterocycles. The van der Waals surface area contributed by atoms with E-state index < -0.39 is 0 Å². The molecule has 0 atom stereocenters. The standard InChI is InChI=1S/C21H16N.C12H10N.Ir/c1-16-12-17(2)14-19(13-16)10-9-18-6-5-7-20(15-18)21-8-3-4-11-22-21;1-10-6-5-9-12(13-10)11-7-3-2-4-8-11;/h3-6,8,11-15H,1-2H3;2-7,9H,1H3;/q2*-1;. The molecular formula is C33H26IrN2-2. The zero-order chi connectivity index (χ0) is 24.5. The van der Waals surface area contributed by atoms with Crippen LogP contribution < -0.4 is 0 Å². The Balaban J connectivity index is 0.000000221. The fraction of sp³-hybridized carbons (Fsp3) is 0.0909. The second-order valence-electron chi connectivity index (χ2n) is 8.27. The maximum Gasteiger partial charge on any atom is 0.0266 e. The summed E-state index contributed by atoms with van der Waals surface area (Å²) >= 11 is 0. The van der Waals surface area contributed by atoms with Gasteiger partial charge in [0.2, 0.25) is 0 Å². The second-order valence-corrected chi connectivity index (χ2v) is 8.27. The molecule has 5 rings (SSSR count). The van der Waals surface area contributed by atoms with Gasteiger partial charge in [0, 0.05) is 37.6 Å². The van der Waals surface area contributed by atoms with Gasteiger partial charge in [-0.1, -0.05) is 47.7 Å². The van der Waals surface area contributed by atoms with Crippen molar-refractivity contribution in [3.8, 4) is 34.4 Å². The third kappa shape index (κ3) is 7.85. The first-order valence-electron chi connectivity index (χ1n) is 11.5. The number of hydrogen-bond donors (Lipinski definition) is 0. The predicted octanol–water partition coefficient (Wildman–Crippen LogP) is 7.42. The van der Waals surface area contributed by atoms with Crippen LogP contribution in [0.2, 0.25) is 0 Å². The van der Waals surface area contributed by atoms with Crippen LogP contribution in [0.3, 0.4) is 0 Å². The minimum atomic E-state index is 0. The molecule has 5 aromatic rings. The zero-order valence-corrected chi connectivity index (χ0v) is 22.9. The maximum absolute atomic E-state index is 4.41. The summed E-state index contributed by atoms with van der Waals surface area (Å²) in [4.78, 5) is 8.76. The molecule has 0 unspecified atom stereocenters. The molecule has 2 heterocycles. The van der Waals surface area contributed by atoms with Gasteiger partial charge in [0.1, 0.15) is 0 Å². The Morgan fingerprint density at radius 3 is 2.03 bits per heavy atom. The molecule has 36 heavy (non-hydrogen) atoms. The SMILES string of the molecule is Cc1cc(C)cc(C#Cc2cc[c-]c(-c3ccccn3)c2)c1.Cc1cccc(-c2[c-]cccc2)n1.[Ir]. The van der Waals surface area contributed by atoms with Crippen LogP contribution in [-0.4, -0.2) is 9.97 Å². The summed E-state index contributed by atoms with van der Waals surface area (Å²) in [6.07, 6.45) is 1.79. The van der Waals surface area contributed by atoms with Crippen LogP contribution in [0.15, 0.2) is 103 Å². The fourth-order valence-corrected chi connectivity index (χ4v) is 3.65. The Morgan fingerprint density at radius 1 is 0.611 bits per heavy atom. The monoisotopic (exact) mass is 643 g/mol.